The summed E-state index contributed by atoms with van der Waals surface area (Å²) in [6.07, 6.45) is 4.48. The van der Waals surface area contributed by atoms with Crippen LogP contribution in [0.2, 0.25) is 0 Å². The quantitative estimate of drug-likeness (QED) is 0.768. The average Bonchev–Trinajstić information content (AvgIpc) is 2.83. The molecule has 2 aromatic rings. The molecule has 2 rings (SSSR count). The Morgan fingerprint density at radius 3 is 2.84 bits per heavy atom. The largest absolute Gasteiger partial charge is 0.396 e. The van der Waals surface area contributed by atoms with Gasteiger partial charge in [-0.15, -0.1) is 5.10 Å². The van der Waals surface area contributed by atoms with Gasteiger partial charge in [-0.05, 0) is 12.1 Å². The topological polar surface area (TPSA) is 103 Å². The summed E-state index contributed by atoms with van der Waals surface area (Å²) in [5.74, 6) is 0. The van der Waals surface area contributed by atoms with E-state index in [0.717, 1.165) is 6.26 Å². The van der Waals surface area contributed by atoms with E-state index in [1.165, 1.54) is 6.07 Å². The zero-order valence-corrected chi connectivity index (χ0v) is 11.3. The molecule has 0 saturated carbocycles. The highest BCUT2D eigenvalue weighted by molar-refractivity contribution is 7.90. The number of anilines is 2. The van der Waals surface area contributed by atoms with Gasteiger partial charge in [-0.1, -0.05) is 11.3 Å². The van der Waals surface area contributed by atoms with Crippen LogP contribution in [0.4, 0.5) is 11.4 Å². The number of sulfone groups is 1. The van der Waals surface area contributed by atoms with E-state index in [9.17, 15) is 8.42 Å². The van der Waals surface area contributed by atoms with Gasteiger partial charge in [0, 0.05) is 19.0 Å². The summed E-state index contributed by atoms with van der Waals surface area (Å²) in [6, 6.07) is 4.89. The zero-order chi connectivity index (χ0) is 13.9. The van der Waals surface area contributed by atoms with Crippen molar-refractivity contribution in [3.63, 3.8) is 0 Å². The molecule has 7 nitrogen and oxygen atoms in total. The second-order valence-corrected chi connectivity index (χ2v) is 6.07. The zero-order valence-electron chi connectivity index (χ0n) is 10.4. The Bertz CT molecular complexity index is 652. The predicted molar refractivity (Wildman–Crippen MR) is 72.5 cm³/mol. The number of para-hydroxylation sites is 1. The van der Waals surface area contributed by atoms with Gasteiger partial charge in [0.25, 0.3) is 0 Å². The molecular weight excluding hydrogens is 266 g/mol. The lowest BCUT2D eigenvalue weighted by atomic mass is 10.2. The van der Waals surface area contributed by atoms with Gasteiger partial charge in [-0.2, -0.15) is 0 Å². The van der Waals surface area contributed by atoms with E-state index >= 15 is 0 Å². The minimum atomic E-state index is -3.32. The summed E-state index contributed by atoms with van der Waals surface area (Å²) < 4.78 is 24.7. The van der Waals surface area contributed by atoms with Crippen molar-refractivity contribution in [2.75, 3.05) is 23.9 Å². The molecule has 0 saturated heterocycles. The van der Waals surface area contributed by atoms with Crippen LogP contribution >= 0.6 is 0 Å². The second-order valence-electron chi connectivity index (χ2n) is 4.08. The minimum Gasteiger partial charge on any atom is -0.396 e. The highest BCUT2D eigenvalue weighted by Gasteiger charge is 2.13. The lowest BCUT2D eigenvalue weighted by molar-refractivity contribution is 0.602. The third-order valence-corrected chi connectivity index (χ3v) is 3.75. The number of nitrogens with zero attached hydrogens (tertiary/aromatic N) is 3. The maximum absolute atomic E-state index is 11.5. The number of nitrogens with two attached hydrogens (primary N) is 1. The number of rotatable bonds is 5. The van der Waals surface area contributed by atoms with Crippen LogP contribution in [-0.4, -0.2) is 36.2 Å². The Morgan fingerprint density at radius 2 is 2.21 bits per heavy atom. The lowest BCUT2D eigenvalue weighted by Crippen LogP contribution is -2.13. The average molecular weight is 281 g/mol. The fourth-order valence-corrected chi connectivity index (χ4v) is 2.51. The molecule has 1 heterocycles. The fraction of sp³-hybridized carbons (Fsp3) is 0.273. The smallest absolute Gasteiger partial charge is 0.177 e. The molecule has 19 heavy (non-hydrogen) atoms. The van der Waals surface area contributed by atoms with Crippen LogP contribution < -0.4 is 11.1 Å². The highest BCUT2D eigenvalue weighted by Crippen LogP contribution is 2.26. The summed E-state index contributed by atoms with van der Waals surface area (Å²) in [7, 11) is -3.32. The van der Waals surface area contributed by atoms with Crippen molar-refractivity contribution in [1.82, 2.24) is 15.0 Å². The molecule has 0 bridgehead atoms. The first-order valence-corrected chi connectivity index (χ1v) is 7.54. The van der Waals surface area contributed by atoms with Crippen molar-refractivity contribution in [2.45, 2.75) is 11.4 Å². The third-order valence-electron chi connectivity index (χ3n) is 2.59. The van der Waals surface area contributed by atoms with Crippen LogP contribution in [-0.2, 0) is 16.4 Å². The Morgan fingerprint density at radius 1 is 1.42 bits per heavy atom. The van der Waals surface area contributed by atoms with Crippen LogP contribution in [0.15, 0.2) is 35.5 Å². The summed E-state index contributed by atoms with van der Waals surface area (Å²) in [6.45, 7) is 1.18. The van der Waals surface area contributed by atoms with Gasteiger partial charge in [0.05, 0.1) is 29.0 Å². The van der Waals surface area contributed by atoms with Crippen LogP contribution in [0.25, 0.3) is 0 Å². The molecule has 1 aromatic heterocycles. The van der Waals surface area contributed by atoms with Crippen molar-refractivity contribution < 1.29 is 8.42 Å². The first kappa shape index (κ1) is 13.3. The van der Waals surface area contributed by atoms with Crippen molar-refractivity contribution in [3.05, 3.63) is 30.6 Å². The number of hydrogen-bond acceptors (Lipinski definition) is 6. The maximum Gasteiger partial charge on any atom is 0.177 e. The van der Waals surface area contributed by atoms with E-state index in [-0.39, 0.29) is 10.6 Å². The third kappa shape index (κ3) is 3.22. The number of benzene rings is 1. The molecule has 0 atom stereocenters. The van der Waals surface area contributed by atoms with Crippen LogP contribution in [0.3, 0.4) is 0 Å². The van der Waals surface area contributed by atoms with Gasteiger partial charge in [-0.25, -0.2) is 8.42 Å². The highest BCUT2D eigenvalue weighted by atomic mass is 32.2. The molecule has 8 heteroatoms. The van der Waals surface area contributed by atoms with E-state index in [0.29, 0.717) is 18.8 Å². The number of nitrogen functional groups attached to an aromatic ring is 1. The monoisotopic (exact) mass is 281 g/mol. The second kappa shape index (κ2) is 5.27. The SMILES string of the molecule is CS(=O)(=O)c1cccc(NCCn2ccnn2)c1N. The standard InChI is InChI=1S/C11H15N5O2S/c1-19(17,18)10-4-2-3-9(11(10)12)13-5-7-16-8-6-14-15-16/h2-4,6,8,13H,5,7,12H2,1H3. The van der Waals surface area contributed by atoms with E-state index in [4.69, 9.17) is 5.73 Å². The fourth-order valence-electron chi connectivity index (χ4n) is 1.68. The Balaban J connectivity index is 2.09. The van der Waals surface area contributed by atoms with Gasteiger partial charge in [0.15, 0.2) is 9.84 Å². The van der Waals surface area contributed by atoms with Gasteiger partial charge in [0.1, 0.15) is 0 Å². The molecule has 0 amide bonds. The summed E-state index contributed by atoms with van der Waals surface area (Å²) in [4.78, 5) is 0.137. The van der Waals surface area contributed by atoms with E-state index in [1.54, 1.807) is 29.2 Å². The number of hydrogen-bond donors (Lipinski definition) is 2. The van der Waals surface area contributed by atoms with Crippen LogP contribution in [0, 0.1) is 0 Å². The van der Waals surface area contributed by atoms with Gasteiger partial charge < -0.3 is 11.1 Å². The molecule has 0 unspecified atom stereocenters. The Hall–Kier alpha value is -2.09. The van der Waals surface area contributed by atoms with Gasteiger partial charge in [0.2, 0.25) is 0 Å². The molecule has 102 valence electrons. The van der Waals surface area contributed by atoms with Crippen molar-refractivity contribution in [3.8, 4) is 0 Å². The molecule has 1 aromatic carbocycles. The Kier molecular flexibility index (Phi) is 3.70. The normalized spacial score (nSPS) is 11.4. The van der Waals surface area contributed by atoms with Gasteiger partial charge >= 0.3 is 0 Å². The molecule has 0 fully saturated rings. The molecular formula is C11H15N5O2S. The van der Waals surface area contributed by atoms with Crippen molar-refractivity contribution in [1.29, 1.82) is 0 Å². The van der Waals surface area contributed by atoms with E-state index in [2.05, 4.69) is 15.6 Å². The van der Waals surface area contributed by atoms with Crippen LogP contribution in [0.1, 0.15) is 0 Å². The molecule has 0 aliphatic carbocycles. The maximum atomic E-state index is 11.5. The molecule has 0 aliphatic rings. The summed E-state index contributed by atoms with van der Waals surface area (Å²) >= 11 is 0. The first-order valence-electron chi connectivity index (χ1n) is 5.65. The Labute approximate surface area is 111 Å². The van der Waals surface area contributed by atoms with E-state index in [1.807, 2.05) is 0 Å². The van der Waals surface area contributed by atoms with E-state index < -0.39 is 9.84 Å². The van der Waals surface area contributed by atoms with Crippen molar-refractivity contribution >= 4 is 21.2 Å². The summed E-state index contributed by atoms with van der Waals surface area (Å²) in [5.41, 5.74) is 6.69. The molecule has 0 radical (unpaired) electrons. The minimum absolute atomic E-state index is 0.137. The lowest BCUT2D eigenvalue weighted by Gasteiger charge is -2.11. The summed E-state index contributed by atoms with van der Waals surface area (Å²) in [5, 5.41) is 10.6. The number of aromatic nitrogens is 3. The molecule has 0 spiro atoms. The number of nitrogens with one attached hydrogen (secondary N) is 1. The van der Waals surface area contributed by atoms with Crippen LogP contribution in [0.5, 0.6) is 0 Å². The molecule has 0 aliphatic heterocycles. The van der Waals surface area contributed by atoms with Gasteiger partial charge in [-0.3, -0.25) is 4.68 Å². The first-order chi connectivity index (χ1) is 8.98. The molecule has 3 N–H and O–H groups in total. The predicted octanol–water partition coefficient (Wildman–Crippen LogP) is 0.376. The van der Waals surface area contributed by atoms with Crippen molar-refractivity contribution in [2.24, 2.45) is 0 Å².